The summed E-state index contributed by atoms with van der Waals surface area (Å²) in [5, 5.41) is 19.3. The maximum atomic E-state index is 12.1. The lowest BCUT2D eigenvalue weighted by molar-refractivity contribution is 0.0994. The molecule has 3 aromatic heterocycles. The van der Waals surface area contributed by atoms with Crippen LogP contribution in [0.5, 0.6) is 0 Å². The monoisotopic (exact) mass is 296 g/mol. The summed E-state index contributed by atoms with van der Waals surface area (Å²) in [4.78, 5) is 12.1. The van der Waals surface area contributed by atoms with Crippen LogP contribution in [0.2, 0.25) is 0 Å². The number of amides is 1. The molecule has 0 fully saturated rings. The van der Waals surface area contributed by atoms with Crippen LogP contribution in [0.4, 0.5) is 5.82 Å². The number of hydrogen-bond acceptors (Lipinski definition) is 5. The third-order valence-corrected chi connectivity index (χ3v) is 2.88. The number of nitrogens with zero attached hydrogens (tertiary/aromatic N) is 5. The van der Waals surface area contributed by atoms with E-state index in [-0.39, 0.29) is 12.3 Å². The third kappa shape index (κ3) is 3.04. The van der Waals surface area contributed by atoms with Crippen molar-refractivity contribution >= 4 is 11.7 Å². The van der Waals surface area contributed by atoms with Crippen molar-refractivity contribution in [3.05, 3.63) is 54.4 Å². The largest absolute Gasteiger partial charge is 0.454 e. The molecule has 1 N–H and O–H groups in total. The number of carbonyl (C=O) groups excluding carboxylic acids is 1. The Labute approximate surface area is 125 Å². The molecule has 0 aliphatic rings. The van der Waals surface area contributed by atoms with Gasteiger partial charge in [-0.25, -0.2) is 0 Å². The Morgan fingerprint density at radius 2 is 2.23 bits per heavy atom. The number of nitrogens with one attached hydrogen (secondary N) is 1. The Bertz CT molecular complexity index is 809. The fourth-order valence-corrected chi connectivity index (χ4v) is 1.91. The highest BCUT2D eigenvalue weighted by atomic mass is 16.4. The second-order valence-electron chi connectivity index (χ2n) is 4.48. The minimum absolute atomic E-state index is 0.130. The van der Waals surface area contributed by atoms with Crippen molar-refractivity contribution in [2.75, 3.05) is 5.32 Å². The minimum atomic E-state index is -0.395. The van der Waals surface area contributed by atoms with E-state index in [9.17, 15) is 4.79 Å². The molecule has 22 heavy (non-hydrogen) atoms. The zero-order valence-corrected chi connectivity index (χ0v) is 11.5. The van der Waals surface area contributed by atoms with Gasteiger partial charge in [0.15, 0.2) is 11.6 Å². The molecule has 0 bridgehead atoms. The molecule has 0 aliphatic carbocycles. The lowest BCUT2D eigenvalue weighted by Gasteiger charge is -1.99. The van der Waals surface area contributed by atoms with Crippen molar-refractivity contribution < 1.29 is 9.21 Å². The van der Waals surface area contributed by atoms with Crippen LogP contribution in [0, 0.1) is 11.3 Å². The zero-order valence-electron chi connectivity index (χ0n) is 11.5. The Kier molecular flexibility index (Phi) is 3.70. The first-order valence-corrected chi connectivity index (χ1v) is 6.52. The summed E-state index contributed by atoms with van der Waals surface area (Å²) < 4.78 is 8.62. The SMILES string of the molecule is N#CCn1ccc(NC(=O)c2ccc(Cn3cccn3)o2)n1. The van der Waals surface area contributed by atoms with Crippen molar-refractivity contribution in [1.82, 2.24) is 19.6 Å². The van der Waals surface area contributed by atoms with Gasteiger partial charge in [-0.05, 0) is 18.2 Å². The van der Waals surface area contributed by atoms with Crippen molar-refractivity contribution in [1.29, 1.82) is 5.26 Å². The number of anilines is 1. The quantitative estimate of drug-likeness (QED) is 0.768. The van der Waals surface area contributed by atoms with Gasteiger partial charge in [0.25, 0.3) is 5.91 Å². The molecule has 0 aliphatic heterocycles. The maximum absolute atomic E-state index is 12.1. The van der Waals surface area contributed by atoms with Gasteiger partial charge in [-0.2, -0.15) is 15.5 Å². The molecule has 3 heterocycles. The number of carbonyl (C=O) groups is 1. The summed E-state index contributed by atoms with van der Waals surface area (Å²) in [6.07, 6.45) is 5.10. The lowest BCUT2D eigenvalue weighted by atomic mass is 10.4. The van der Waals surface area contributed by atoms with Crippen molar-refractivity contribution in [2.45, 2.75) is 13.1 Å². The standard InChI is InChI=1S/C14H12N6O2/c15-5-9-19-8-4-13(18-19)17-14(21)12-3-2-11(22-12)10-20-7-1-6-16-20/h1-4,6-8H,9-10H2,(H,17,18,21). The molecule has 0 aromatic carbocycles. The van der Waals surface area contributed by atoms with E-state index in [1.807, 2.05) is 18.3 Å². The first kappa shape index (κ1) is 13.6. The van der Waals surface area contributed by atoms with Gasteiger partial charge in [0, 0.05) is 24.7 Å². The van der Waals surface area contributed by atoms with Crippen LogP contribution >= 0.6 is 0 Å². The van der Waals surface area contributed by atoms with E-state index in [2.05, 4.69) is 15.5 Å². The molecule has 3 aromatic rings. The molecule has 1 amide bonds. The average Bonchev–Trinajstić information content (AvgIpc) is 3.22. The Balaban J connectivity index is 1.64. The van der Waals surface area contributed by atoms with Gasteiger partial charge in [0.2, 0.25) is 0 Å². The van der Waals surface area contributed by atoms with Crippen molar-refractivity contribution in [3.63, 3.8) is 0 Å². The Hall–Kier alpha value is -3.34. The first-order chi connectivity index (χ1) is 10.7. The molecular formula is C14H12N6O2. The average molecular weight is 296 g/mol. The van der Waals surface area contributed by atoms with Crippen LogP contribution in [0.1, 0.15) is 16.3 Å². The highest BCUT2D eigenvalue weighted by molar-refractivity contribution is 6.01. The molecule has 0 radical (unpaired) electrons. The number of furan rings is 1. The summed E-state index contributed by atoms with van der Waals surface area (Å²) >= 11 is 0. The van der Waals surface area contributed by atoms with E-state index in [0.717, 1.165) is 0 Å². The van der Waals surface area contributed by atoms with Crippen molar-refractivity contribution in [3.8, 4) is 6.07 Å². The second kappa shape index (κ2) is 5.97. The van der Waals surface area contributed by atoms with E-state index >= 15 is 0 Å². The van der Waals surface area contributed by atoms with Gasteiger partial charge in [0.05, 0.1) is 12.6 Å². The zero-order chi connectivity index (χ0) is 15.4. The summed E-state index contributed by atoms with van der Waals surface area (Å²) in [5.74, 6) is 0.792. The molecule has 8 heteroatoms. The van der Waals surface area contributed by atoms with Gasteiger partial charge in [-0.15, -0.1) is 0 Å². The number of nitriles is 1. The highest BCUT2D eigenvalue weighted by Crippen LogP contribution is 2.12. The Morgan fingerprint density at radius 3 is 3.00 bits per heavy atom. The van der Waals surface area contributed by atoms with E-state index in [0.29, 0.717) is 18.1 Å². The van der Waals surface area contributed by atoms with Crippen LogP contribution in [0.25, 0.3) is 0 Å². The predicted octanol–water partition coefficient (Wildman–Crippen LogP) is 1.50. The molecule has 0 unspecified atom stereocenters. The predicted molar refractivity (Wildman–Crippen MR) is 75.8 cm³/mol. The molecule has 0 saturated heterocycles. The summed E-state index contributed by atoms with van der Waals surface area (Å²) in [6.45, 7) is 0.585. The van der Waals surface area contributed by atoms with Gasteiger partial charge in [-0.1, -0.05) is 0 Å². The normalized spacial score (nSPS) is 10.3. The number of hydrogen-bond donors (Lipinski definition) is 1. The lowest BCUT2D eigenvalue weighted by Crippen LogP contribution is -2.12. The van der Waals surface area contributed by atoms with E-state index < -0.39 is 5.91 Å². The van der Waals surface area contributed by atoms with Gasteiger partial charge >= 0.3 is 0 Å². The minimum Gasteiger partial charge on any atom is -0.454 e. The van der Waals surface area contributed by atoms with Crippen LogP contribution < -0.4 is 5.32 Å². The molecule has 0 saturated carbocycles. The fourth-order valence-electron chi connectivity index (χ4n) is 1.91. The Morgan fingerprint density at radius 1 is 1.32 bits per heavy atom. The molecule has 0 atom stereocenters. The van der Waals surface area contributed by atoms with Gasteiger partial charge in [0.1, 0.15) is 12.3 Å². The summed E-state index contributed by atoms with van der Waals surface area (Å²) in [7, 11) is 0. The van der Waals surface area contributed by atoms with Crippen LogP contribution in [-0.4, -0.2) is 25.5 Å². The first-order valence-electron chi connectivity index (χ1n) is 6.52. The highest BCUT2D eigenvalue weighted by Gasteiger charge is 2.13. The van der Waals surface area contributed by atoms with Crippen LogP contribution in [0.15, 0.2) is 47.3 Å². The third-order valence-electron chi connectivity index (χ3n) is 2.88. The molecule has 0 spiro atoms. The molecule has 110 valence electrons. The maximum Gasteiger partial charge on any atom is 0.292 e. The van der Waals surface area contributed by atoms with E-state index in [1.165, 1.54) is 4.68 Å². The van der Waals surface area contributed by atoms with Crippen LogP contribution in [0.3, 0.4) is 0 Å². The topological polar surface area (TPSA) is 102 Å². The summed E-state index contributed by atoms with van der Waals surface area (Å²) in [5.41, 5.74) is 0. The van der Waals surface area contributed by atoms with Gasteiger partial charge in [-0.3, -0.25) is 14.2 Å². The van der Waals surface area contributed by atoms with E-state index in [1.54, 1.807) is 35.3 Å². The molecule has 3 rings (SSSR count). The van der Waals surface area contributed by atoms with Gasteiger partial charge < -0.3 is 9.73 Å². The smallest absolute Gasteiger partial charge is 0.292 e. The number of aromatic nitrogens is 4. The molecular weight excluding hydrogens is 284 g/mol. The molecule has 8 nitrogen and oxygen atoms in total. The number of rotatable bonds is 5. The van der Waals surface area contributed by atoms with Crippen LogP contribution in [-0.2, 0) is 13.1 Å². The van der Waals surface area contributed by atoms with Crippen molar-refractivity contribution in [2.24, 2.45) is 0 Å². The second-order valence-corrected chi connectivity index (χ2v) is 4.48. The van der Waals surface area contributed by atoms with E-state index in [4.69, 9.17) is 9.68 Å². The summed E-state index contributed by atoms with van der Waals surface area (Å²) in [6, 6.07) is 8.72. The fraction of sp³-hybridized carbons (Fsp3) is 0.143.